The van der Waals surface area contributed by atoms with E-state index in [0.717, 1.165) is 17.7 Å². The highest BCUT2D eigenvalue weighted by Crippen LogP contribution is 2.25. The summed E-state index contributed by atoms with van der Waals surface area (Å²) in [5.41, 5.74) is 0.904. The van der Waals surface area contributed by atoms with Crippen LogP contribution in [0.5, 0.6) is 5.75 Å². The lowest BCUT2D eigenvalue weighted by Crippen LogP contribution is -2.24. The molecule has 2 rings (SSSR count). The van der Waals surface area contributed by atoms with Crippen LogP contribution in [0.15, 0.2) is 30.3 Å². The van der Waals surface area contributed by atoms with Gasteiger partial charge in [0.2, 0.25) is 0 Å². The van der Waals surface area contributed by atoms with Gasteiger partial charge in [-0.1, -0.05) is 17.7 Å². The molecule has 2 N–H and O–H groups in total. The minimum absolute atomic E-state index is 0.114. The Morgan fingerprint density at radius 3 is 2.35 bits per heavy atom. The lowest BCUT2D eigenvalue weighted by molar-refractivity contribution is 0.242. The van der Waals surface area contributed by atoms with E-state index in [-0.39, 0.29) is 12.1 Å². The van der Waals surface area contributed by atoms with Crippen molar-refractivity contribution in [3.05, 3.63) is 63.9 Å². The van der Waals surface area contributed by atoms with Crippen LogP contribution >= 0.6 is 11.6 Å². The molecule has 0 aromatic heterocycles. The Morgan fingerprint density at radius 2 is 1.83 bits per heavy atom. The fourth-order valence-corrected chi connectivity index (χ4v) is 2.41. The van der Waals surface area contributed by atoms with Crippen molar-refractivity contribution in [2.75, 3.05) is 13.7 Å². The van der Waals surface area contributed by atoms with Gasteiger partial charge in [-0.2, -0.15) is 0 Å². The summed E-state index contributed by atoms with van der Waals surface area (Å²) in [5, 5.41) is 12.8. The smallest absolute Gasteiger partial charge is 0.194 e. The molecule has 0 saturated heterocycles. The maximum atomic E-state index is 13.3. The van der Waals surface area contributed by atoms with Gasteiger partial charge in [0.25, 0.3) is 0 Å². The maximum absolute atomic E-state index is 13.3. The molecule has 1 atom stereocenters. The molecule has 2 aromatic rings. The minimum Gasteiger partial charge on any atom is -0.495 e. The van der Waals surface area contributed by atoms with Crippen LogP contribution in [0.3, 0.4) is 0 Å². The monoisotopic (exact) mass is 345 g/mol. The standard InChI is InChI=1S/C16H15ClF3NO2/c1-23-15-3-2-9(4-11(15)17)7-21-14(8-22)10-5-12(18)16(20)13(19)6-10/h2-6,14,21-22H,7-8H2,1H3. The van der Waals surface area contributed by atoms with E-state index in [1.807, 2.05) is 0 Å². The van der Waals surface area contributed by atoms with Crippen molar-refractivity contribution in [1.29, 1.82) is 0 Å². The van der Waals surface area contributed by atoms with E-state index in [4.69, 9.17) is 16.3 Å². The highest BCUT2D eigenvalue weighted by Gasteiger charge is 2.17. The van der Waals surface area contributed by atoms with E-state index in [2.05, 4.69) is 5.32 Å². The number of halogens is 4. The summed E-state index contributed by atoms with van der Waals surface area (Å²) in [7, 11) is 1.50. The molecule has 2 aromatic carbocycles. The molecule has 0 radical (unpaired) electrons. The quantitative estimate of drug-likeness (QED) is 0.786. The van der Waals surface area contributed by atoms with Crippen molar-refractivity contribution in [3.63, 3.8) is 0 Å². The molecule has 0 amide bonds. The highest BCUT2D eigenvalue weighted by molar-refractivity contribution is 6.32. The number of methoxy groups -OCH3 is 1. The number of aliphatic hydroxyl groups is 1. The Balaban J connectivity index is 2.12. The molecule has 0 fully saturated rings. The first-order valence-corrected chi connectivity index (χ1v) is 7.15. The third-order valence-corrected chi connectivity index (χ3v) is 3.66. The van der Waals surface area contributed by atoms with Crippen molar-refractivity contribution in [2.45, 2.75) is 12.6 Å². The van der Waals surface area contributed by atoms with Crippen LogP contribution in [0.25, 0.3) is 0 Å². The van der Waals surface area contributed by atoms with Gasteiger partial charge in [-0.3, -0.25) is 0 Å². The molecule has 1 unspecified atom stereocenters. The predicted octanol–water partition coefficient (Wildman–Crippen LogP) is 3.59. The average Bonchev–Trinajstić information content (AvgIpc) is 2.53. The number of benzene rings is 2. The molecule has 0 aliphatic carbocycles. The van der Waals surface area contributed by atoms with Gasteiger partial charge in [0, 0.05) is 6.54 Å². The zero-order chi connectivity index (χ0) is 17.0. The first kappa shape index (κ1) is 17.6. The zero-order valence-corrected chi connectivity index (χ0v) is 13.0. The maximum Gasteiger partial charge on any atom is 0.194 e. The summed E-state index contributed by atoms with van der Waals surface area (Å²) >= 11 is 6.01. The number of rotatable bonds is 6. The van der Waals surface area contributed by atoms with Crippen LogP contribution < -0.4 is 10.1 Å². The Hall–Kier alpha value is -1.76. The molecular weight excluding hydrogens is 331 g/mol. The molecule has 0 bridgehead atoms. The first-order valence-electron chi connectivity index (χ1n) is 6.77. The Morgan fingerprint density at radius 1 is 1.17 bits per heavy atom. The topological polar surface area (TPSA) is 41.5 Å². The van der Waals surface area contributed by atoms with Crippen LogP contribution in [-0.4, -0.2) is 18.8 Å². The van der Waals surface area contributed by atoms with Gasteiger partial charge in [-0.05, 0) is 35.4 Å². The van der Waals surface area contributed by atoms with Gasteiger partial charge in [-0.25, -0.2) is 13.2 Å². The van der Waals surface area contributed by atoms with Crippen LogP contribution in [0.4, 0.5) is 13.2 Å². The lowest BCUT2D eigenvalue weighted by Gasteiger charge is -2.17. The Bertz CT molecular complexity index is 674. The van der Waals surface area contributed by atoms with Crippen molar-refractivity contribution in [1.82, 2.24) is 5.32 Å². The lowest BCUT2D eigenvalue weighted by atomic mass is 10.1. The summed E-state index contributed by atoms with van der Waals surface area (Å²) in [6, 6.07) is 6.08. The van der Waals surface area contributed by atoms with Gasteiger partial charge in [0.05, 0.1) is 24.8 Å². The summed E-state index contributed by atoms with van der Waals surface area (Å²) in [6.45, 7) is -0.121. The molecule has 3 nitrogen and oxygen atoms in total. The number of hydrogen-bond acceptors (Lipinski definition) is 3. The third kappa shape index (κ3) is 4.16. The predicted molar refractivity (Wildman–Crippen MR) is 81.0 cm³/mol. The van der Waals surface area contributed by atoms with Crippen molar-refractivity contribution < 1.29 is 23.0 Å². The van der Waals surface area contributed by atoms with E-state index in [0.29, 0.717) is 10.8 Å². The fraction of sp³-hybridized carbons (Fsp3) is 0.250. The second kappa shape index (κ2) is 7.68. The Labute approximate surface area is 136 Å². The van der Waals surface area contributed by atoms with Crippen molar-refractivity contribution in [3.8, 4) is 5.75 Å². The molecule has 23 heavy (non-hydrogen) atoms. The number of ether oxygens (including phenoxy) is 1. The molecule has 0 spiro atoms. The first-order chi connectivity index (χ1) is 11.0. The van der Waals surface area contributed by atoms with E-state index in [9.17, 15) is 18.3 Å². The summed E-state index contributed by atoms with van der Waals surface area (Å²) < 4.78 is 44.6. The van der Waals surface area contributed by atoms with Gasteiger partial charge >= 0.3 is 0 Å². The van der Waals surface area contributed by atoms with E-state index >= 15 is 0 Å². The molecule has 7 heteroatoms. The second-order valence-electron chi connectivity index (χ2n) is 4.88. The second-order valence-corrected chi connectivity index (χ2v) is 5.29. The SMILES string of the molecule is COc1ccc(CNC(CO)c2cc(F)c(F)c(F)c2)cc1Cl. The zero-order valence-electron chi connectivity index (χ0n) is 12.2. The number of aliphatic hydroxyl groups excluding tert-OH is 1. The fourth-order valence-electron chi connectivity index (χ4n) is 2.13. The van der Waals surface area contributed by atoms with Crippen LogP contribution in [0.1, 0.15) is 17.2 Å². The van der Waals surface area contributed by atoms with Gasteiger partial charge in [-0.15, -0.1) is 0 Å². The van der Waals surface area contributed by atoms with E-state index in [1.54, 1.807) is 18.2 Å². The number of nitrogens with one attached hydrogen (secondary N) is 1. The minimum atomic E-state index is -1.53. The van der Waals surface area contributed by atoms with Crippen LogP contribution in [0.2, 0.25) is 5.02 Å². The molecule has 124 valence electrons. The van der Waals surface area contributed by atoms with Crippen molar-refractivity contribution in [2.24, 2.45) is 0 Å². The van der Waals surface area contributed by atoms with Crippen molar-refractivity contribution >= 4 is 11.6 Å². The van der Waals surface area contributed by atoms with Crippen LogP contribution in [-0.2, 0) is 6.54 Å². The highest BCUT2D eigenvalue weighted by atomic mass is 35.5. The third-order valence-electron chi connectivity index (χ3n) is 3.36. The molecule has 0 saturated carbocycles. The molecule has 0 aliphatic rings. The molecule has 0 aliphatic heterocycles. The largest absolute Gasteiger partial charge is 0.495 e. The summed E-state index contributed by atoms with van der Waals surface area (Å²) in [5.74, 6) is -3.61. The van der Waals surface area contributed by atoms with Crippen LogP contribution in [0, 0.1) is 17.5 Å². The average molecular weight is 346 g/mol. The van der Waals surface area contributed by atoms with Gasteiger partial charge in [0.15, 0.2) is 17.5 Å². The summed E-state index contributed by atoms with van der Waals surface area (Å²) in [6.07, 6.45) is 0. The number of hydrogen-bond donors (Lipinski definition) is 2. The van der Waals surface area contributed by atoms with Gasteiger partial charge in [0.1, 0.15) is 5.75 Å². The summed E-state index contributed by atoms with van der Waals surface area (Å²) in [4.78, 5) is 0. The van der Waals surface area contributed by atoms with E-state index in [1.165, 1.54) is 7.11 Å². The molecular formula is C16H15ClF3NO2. The molecule has 0 heterocycles. The normalized spacial score (nSPS) is 12.3. The van der Waals surface area contributed by atoms with Gasteiger partial charge < -0.3 is 15.2 Å². The van der Waals surface area contributed by atoms with E-state index < -0.39 is 30.1 Å². The Kier molecular flexibility index (Phi) is 5.87.